The number of phenols is 3. The molecule has 3 aromatic rings. The van der Waals surface area contributed by atoms with E-state index in [1.165, 1.54) is 106 Å². The lowest BCUT2D eigenvalue weighted by molar-refractivity contribution is -0.151. The molecule has 0 saturated carbocycles. The molecule has 12 amide bonds. The fourth-order valence-electron chi connectivity index (χ4n) is 12.0. The number of aliphatic carboxylic acids is 1. The van der Waals surface area contributed by atoms with Gasteiger partial charge < -0.3 is 94.7 Å². The number of likely N-dealkylation sites (tertiary alicyclic amines) is 3. The Morgan fingerprint density at radius 2 is 0.867 bits per heavy atom. The Balaban J connectivity index is 1.19. The third-order valence-corrected chi connectivity index (χ3v) is 17.9. The van der Waals surface area contributed by atoms with Gasteiger partial charge >= 0.3 is 5.97 Å². The van der Waals surface area contributed by atoms with Gasteiger partial charge in [-0.05, 0) is 136 Å². The number of aliphatic hydroxyl groups excluding tert-OH is 1. The lowest BCUT2D eigenvalue weighted by Gasteiger charge is -2.35. The van der Waals surface area contributed by atoms with Crippen molar-refractivity contribution < 1.29 is 87.9 Å². The number of hydrogen-bond acceptors (Lipinski definition) is 19. The van der Waals surface area contributed by atoms with E-state index >= 15 is 0 Å². The minimum Gasteiger partial charge on any atom is -0.508 e. The Kier molecular flexibility index (Phi) is 29.0. The number of carboxylic acids is 1. The molecule has 0 spiro atoms. The summed E-state index contributed by atoms with van der Waals surface area (Å²) in [5.74, 6) is -12.0. The Bertz CT molecular complexity index is 3340. The number of aromatic hydroxyl groups is 3. The molecule has 0 unspecified atom stereocenters. The monoisotopic (exact) mass is 1390 g/mol. The van der Waals surface area contributed by atoms with Crippen molar-refractivity contribution >= 4 is 88.6 Å². The van der Waals surface area contributed by atoms with Gasteiger partial charge in [0.25, 0.3) is 0 Å². The van der Waals surface area contributed by atoms with Gasteiger partial charge in [0, 0.05) is 45.3 Å². The topological polar surface area (TPSA) is 495 Å². The molecule has 32 heteroatoms. The number of carbonyl (C=O) groups excluding carboxylic acids is 12. The van der Waals surface area contributed by atoms with Crippen molar-refractivity contribution in [2.24, 2.45) is 23.1 Å². The number of nitrogens with two attached hydrogens (primary N) is 3. The van der Waals surface area contributed by atoms with Crippen LogP contribution >= 0.6 is 11.8 Å². The van der Waals surface area contributed by atoms with Crippen molar-refractivity contribution in [3.05, 3.63) is 89.5 Å². The van der Waals surface area contributed by atoms with Crippen LogP contribution in [-0.4, -0.2) is 221 Å². The SMILES string of the molecule is CSCC[C@H](NC(=O)[C@H](Cc1ccc(O)cc1)NC(=O)[C@@H](N)[C@@H](C)O)C(=O)N[C@@H](CCC(N)=O)C(=O)N[C@@H](Cc1ccc(O)cc1)C(=O)N[C@@H](CC(C)C)C(=O)N[C@@H](CC(N)=O)C(=O)N1CCC[C@H]1C(=O)N1CCC[C@H]1C(=O)N1CCC[C@H]1C(=O)N[C@@H](Cc1ccc(O)cc1)C(=O)O. The molecule has 0 bridgehead atoms. The van der Waals surface area contributed by atoms with E-state index < -0.39 is 169 Å². The summed E-state index contributed by atoms with van der Waals surface area (Å²) < 4.78 is 0. The minimum atomic E-state index is -1.70. The van der Waals surface area contributed by atoms with Gasteiger partial charge in [-0.25, -0.2) is 4.79 Å². The quantitative estimate of drug-likeness (QED) is 0.0301. The number of nitrogens with one attached hydrogen (secondary N) is 7. The molecule has 6 rings (SSSR count). The predicted molar refractivity (Wildman–Crippen MR) is 355 cm³/mol. The molecule has 31 nitrogen and oxygen atoms in total. The van der Waals surface area contributed by atoms with Gasteiger partial charge in [-0.15, -0.1) is 0 Å². The summed E-state index contributed by atoms with van der Waals surface area (Å²) in [6.07, 6.45) is -0.354. The molecule has 3 fully saturated rings. The maximum atomic E-state index is 14.8. The number of aliphatic hydroxyl groups is 1. The van der Waals surface area contributed by atoms with E-state index in [-0.39, 0.29) is 99.9 Å². The summed E-state index contributed by atoms with van der Waals surface area (Å²) in [5.41, 5.74) is 18.5. The fourth-order valence-corrected chi connectivity index (χ4v) is 12.4. The van der Waals surface area contributed by atoms with E-state index in [0.29, 0.717) is 36.0 Å². The van der Waals surface area contributed by atoms with E-state index in [1.807, 2.05) is 0 Å². The molecular formula is C66H91N13O18S. The van der Waals surface area contributed by atoms with Crippen molar-refractivity contribution in [2.45, 2.75) is 183 Å². The number of carboxylic acid groups (broad SMARTS) is 1. The van der Waals surface area contributed by atoms with Crippen LogP contribution in [0.2, 0.25) is 0 Å². The number of phenolic OH excluding ortho intramolecular Hbond substituents is 3. The van der Waals surface area contributed by atoms with Crippen molar-refractivity contribution in [1.82, 2.24) is 51.9 Å². The zero-order chi connectivity index (χ0) is 72.1. The maximum absolute atomic E-state index is 14.8. The minimum absolute atomic E-state index is 0.0157. The van der Waals surface area contributed by atoms with E-state index in [1.54, 1.807) is 20.1 Å². The molecule has 3 heterocycles. The average molecular weight is 1390 g/mol. The molecule has 3 aliphatic rings. The Hall–Kier alpha value is -9.56. The zero-order valence-electron chi connectivity index (χ0n) is 55.2. The molecule has 3 aliphatic heterocycles. The molecule has 534 valence electrons. The lowest BCUT2D eigenvalue weighted by Crippen LogP contribution is -2.61. The van der Waals surface area contributed by atoms with E-state index in [9.17, 15) is 87.9 Å². The number of hydrogen-bond donors (Lipinski definition) is 15. The number of nitrogens with zero attached hydrogens (tertiary/aromatic N) is 3. The Labute approximate surface area is 570 Å². The third-order valence-electron chi connectivity index (χ3n) is 17.2. The second-order valence-electron chi connectivity index (χ2n) is 25.3. The molecule has 3 aromatic carbocycles. The van der Waals surface area contributed by atoms with Gasteiger partial charge in [-0.1, -0.05) is 50.2 Å². The number of thioether (sulfide) groups is 1. The summed E-state index contributed by atoms with van der Waals surface area (Å²) in [5, 5.41) is 67.8. The van der Waals surface area contributed by atoms with Gasteiger partial charge in [0.05, 0.1) is 12.5 Å². The predicted octanol–water partition coefficient (Wildman–Crippen LogP) is -2.07. The van der Waals surface area contributed by atoms with Crippen LogP contribution in [0.4, 0.5) is 0 Å². The second kappa shape index (κ2) is 36.7. The maximum Gasteiger partial charge on any atom is 0.326 e. The Morgan fingerprint density at radius 1 is 0.490 bits per heavy atom. The standard InChI is InChI=1S/C66H91N13O18S/c1-35(2)30-45(58(88)75-48(34-54(68)85)63(93)78-27-6-9-51(78)65(95)79-28-7-10-52(79)64(94)77-26-5-8-50(77)61(91)76-49(66(96)97)33-39-15-21-42(83)22-16-39)72-60(90)46(31-37-11-17-40(81)18-12-37)73-56(86)43(23-24-53(67)84)70-57(87)44(25-29-98-4)71-59(89)47(74-62(92)55(69)36(3)80)32-38-13-19-41(82)20-14-38/h11-22,35-36,43-52,55,80-83H,5-10,23-34,69H2,1-4H3,(H2,67,84)(H2,68,85)(H,70,87)(H,71,89)(H,72,90)(H,73,86)(H,74,92)(H,75,88)(H,76,91)(H,96,97)/t36-,43+,44+,45+,46+,47+,48+,49+,50+,51+,52+,55+/m1/s1. The highest BCUT2D eigenvalue weighted by molar-refractivity contribution is 7.98. The molecule has 18 N–H and O–H groups in total. The number of rotatable bonds is 35. The zero-order valence-corrected chi connectivity index (χ0v) is 56.0. The van der Waals surface area contributed by atoms with Crippen LogP contribution in [0.25, 0.3) is 0 Å². The first-order valence-corrected chi connectivity index (χ1v) is 33.9. The summed E-state index contributed by atoms with van der Waals surface area (Å²) in [6, 6.07) is 1.68. The molecule has 12 atom stereocenters. The van der Waals surface area contributed by atoms with Crippen LogP contribution in [0.1, 0.15) is 108 Å². The van der Waals surface area contributed by atoms with Crippen LogP contribution in [-0.2, 0) is 81.6 Å². The molecular weight excluding hydrogens is 1290 g/mol. The molecule has 0 aliphatic carbocycles. The average Bonchev–Trinajstić information content (AvgIpc) is 1.61. The van der Waals surface area contributed by atoms with Crippen molar-refractivity contribution in [3.8, 4) is 17.2 Å². The fraction of sp³-hybridized carbons (Fsp3) is 0.530. The summed E-state index contributed by atoms with van der Waals surface area (Å²) in [7, 11) is 0. The summed E-state index contributed by atoms with van der Waals surface area (Å²) in [6.45, 7) is 4.95. The van der Waals surface area contributed by atoms with E-state index in [0.717, 1.165) is 0 Å². The van der Waals surface area contributed by atoms with Crippen LogP contribution in [0.5, 0.6) is 17.2 Å². The second-order valence-corrected chi connectivity index (χ2v) is 26.3. The number of carbonyl (C=O) groups is 13. The Morgan fingerprint density at radius 3 is 1.31 bits per heavy atom. The highest BCUT2D eigenvalue weighted by Gasteiger charge is 2.47. The van der Waals surface area contributed by atoms with E-state index in [4.69, 9.17) is 17.2 Å². The van der Waals surface area contributed by atoms with Crippen LogP contribution in [0, 0.1) is 5.92 Å². The van der Waals surface area contributed by atoms with Gasteiger partial charge in [-0.3, -0.25) is 57.5 Å². The highest BCUT2D eigenvalue weighted by atomic mass is 32.2. The molecule has 3 saturated heterocycles. The van der Waals surface area contributed by atoms with Gasteiger partial charge in [0.1, 0.15) is 83.7 Å². The first-order chi connectivity index (χ1) is 46.4. The first kappa shape index (κ1) is 77.4. The summed E-state index contributed by atoms with van der Waals surface area (Å²) >= 11 is 1.31. The van der Waals surface area contributed by atoms with Crippen molar-refractivity contribution in [3.63, 3.8) is 0 Å². The van der Waals surface area contributed by atoms with Crippen LogP contribution in [0.3, 0.4) is 0 Å². The summed E-state index contributed by atoms with van der Waals surface area (Å²) in [4.78, 5) is 184. The number of primary amides is 2. The molecule has 98 heavy (non-hydrogen) atoms. The number of benzene rings is 3. The van der Waals surface area contributed by atoms with Crippen LogP contribution < -0.4 is 54.4 Å². The van der Waals surface area contributed by atoms with Gasteiger partial charge in [-0.2, -0.15) is 11.8 Å². The smallest absolute Gasteiger partial charge is 0.326 e. The van der Waals surface area contributed by atoms with Crippen molar-refractivity contribution in [1.29, 1.82) is 0 Å². The lowest BCUT2D eigenvalue weighted by atomic mass is 10.00. The van der Waals surface area contributed by atoms with Crippen molar-refractivity contribution in [2.75, 3.05) is 31.6 Å². The number of amides is 12. The normalized spacial score (nSPS) is 18.7. The van der Waals surface area contributed by atoms with Gasteiger partial charge in [0.2, 0.25) is 70.9 Å². The first-order valence-electron chi connectivity index (χ1n) is 32.5. The van der Waals surface area contributed by atoms with E-state index in [2.05, 4.69) is 37.2 Å². The third kappa shape index (κ3) is 22.5. The highest BCUT2D eigenvalue weighted by Crippen LogP contribution is 2.30. The molecule has 0 aromatic heterocycles. The largest absolute Gasteiger partial charge is 0.508 e. The van der Waals surface area contributed by atoms with Gasteiger partial charge in [0.15, 0.2) is 0 Å². The van der Waals surface area contributed by atoms with Crippen LogP contribution in [0.15, 0.2) is 72.8 Å². The molecule has 0 radical (unpaired) electrons.